The average Bonchev–Trinajstić information content (AvgIpc) is 2.53. The van der Waals surface area contributed by atoms with Crippen LogP contribution in [0.2, 0.25) is 0 Å². The van der Waals surface area contributed by atoms with Crippen LogP contribution in [-0.2, 0) is 4.74 Å². The van der Waals surface area contributed by atoms with Crippen LogP contribution < -0.4 is 5.32 Å². The number of rotatable bonds is 2. The van der Waals surface area contributed by atoms with Gasteiger partial charge in [0.25, 0.3) is 0 Å². The van der Waals surface area contributed by atoms with Gasteiger partial charge in [0.1, 0.15) is 0 Å². The smallest absolute Gasteiger partial charge is 0.166 e. The van der Waals surface area contributed by atoms with Gasteiger partial charge in [-0.05, 0) is 31.0 Å². The first-order valence-corrected chi connectivity index (χ1v) is 7.38. The number of ether oxygens (including phenoxy) is 1. The number of carbonyl (C=O) groups is 1. The fourth-order valence-corrected chi connectivity index (χ4v) is 3.40. The second-order valence-electron chi connectivity index (χ2n) is 5.89. The van der Waals surface area contributed by atoms with Crippen molar-refractivity contribution in [2.45, 2.75) is 24.9 Å². The van der Waals surface area contributed by atoms with Gasteiger partial charge in [-0.25, -0.2) is 0 Å². The number of aromatic nitrogens is 2. The molecule has 4 rings (SSSR count). The summed E-state index contributed by atoms with van der Waals surface area (Å²) in [5, 5.41) is 3.52. The Bertz CT molecular complexity index is 676. The van der Waals surface area contributed by atoms with Gasteiger partial charge in [0.2, 0.25) is 0 Å². The predicted molar refractivity (Wildman–Crippen MR) is 78.1 cm³/mol. The number of Topliss-reactive ketones (excluding diaryl/α,β-unsaturated/α-hetero) is 1. The number of ketones is 1. The van der Waals surface area contributed by atoms with Gasteiger partial charge in [0, 0.05) is 36.0 Å². The average molecular weight is 283 g/mol. The van der Waals surface area contributed by atoms with E-state index in [2.05, 4.69) is 15.3 Å². The Morgan fingerprint density at radius 1 is 1.10 bits per heavy atom. The maximum Gasteiger partial charge on any atom is 0.166 e. The molecule has 2 aromatic rings. The minimum atomic E-state index is 0.0827. The van der Waals surface area contributed by atoms with Crippen molar-refractivity contribution in [3.8, 4) is 0 Å². The third-order valence-electron chi connectivity index (χ3n) is 4.37. The lowest BCUT2D eigenvalue weighted by Crippen LogP contribution is -2.55. The zero-order valence-electron chi connectivity index (χ0n) is 11.7. The first-order valence-electron chi connectivity index (χ1n) is 7.38. The molecule has 1 aromatic heterocycles. The molecular weight excluding hydrogens is 266 g/mol. The maximum atomic E-state index is 12.8. The molecule has 2 atom stereocenters. The van der Waals surface area contributed by atoms with Gasteiger partial charge in [-0.2, -0.15) is 0 Å². The van der Waals surface area contributed by atoms with E-state index in [1.807, 2.05) is 18.2 Å². The third-order valence-corrected chi connectivity index (χ3v) is 4.37. The largest absolute Gasteiger partial charge is 0.378 e. The van der Waals surface area contributed by atoms with Gasteiger partial charge in [-0.3, -0.25) is 14.8 Å². The summed E-state index contributed by atoms with van der Waals surface area (Å²) in [6, 6.07) is 6.23. The van der Waals surface area contributed by atoms with E-state index in [-0.39, 0.29) is 11.7 Å². The molecule has 21 heavy (non-hydrogen) atoms. The maximum absolute atomic E-state index is 12.8. The zero-order chi connectivity index (χ0) is 14.2. The summed E-state index contributed by atoms with van der Waals surface area (Å²) in [6.07, 6.45) is 5.03. The van der Waals surface area contributed by atoms with Crippen LogP contribution in [0.4, 0.5) is 0 Å². The standard InChI is InChI=1S/C16H17N3O2/c20-16(11-5-12-8-21-9-13(6-11)19-12)10-1-2-14-15(7-10)18-4-3-17-14/h1-4,7,11-13,19H,5-6,8-9H2. The number of fused-ring (bicyclic) bond motifs is 3. The van der Waals surface area contributed by atoms with E-state index in [0.29, 0.717) is 25.3 Å². The number of nitrogens with zero attached hydrogens (tertiary/aromatic N) is 2. The van der Waals surface area contributed by atoms with Gasteiger partial charge in [-0.15, -0.1) is 0 Å². The van der Waals surface area contributed by atoms with Crippen LogP contribution >= 0.6 is 0 Å². The Kier molecular flexibility index (Phi) is 3.16. The molecule has 2 bridgehead atoms. The minimum Gasteiger partial charge on any atom is -0.378 e. The van der Waals surface area contributed by atoms with Crippen molar-refractivity contribution in [1.29, 1.82) is 0 Å². The molecule has 2 aliphatic heterocycles. The summed E-state index contributed by atoms with van der Waals surface area (Å²) < 4.78 is 5.54. The van der Waals surface area contributed by atoms with Crippen molar-refractivity contribution in [2.24, 2.45) is 5.92 Å². The topological polar surface area (TPSA) is 64.1 Å². The van der Waals surface area contributed by atoms with Crippen molar-refractivity contribution >= 4 is 16.8 Å². The van der Waals surface area contributed by atoms with Crippen molar-refractivity contribution < 1.29 is 9.53 Å². The van der Waals surface area contributed by atoms with Crippen LogP contribution in [0.3, 0.4) is 0 Å². The van der Waals surface area contributed by atoms with Crippen LogP contribution in [0.5, 0.6) is 0 Å². The summed E-state index contributed by atoms with van der Waals surface area (Å²) in [4.78, 5) is 21.3. The number of morpholine rings is 1. The Morgan fingerprint density at radius 2 is 1.81 bits per heavy atom. The SMILES string of the molecule is O=C(c1ccc2nccnc2c1)C1CC2COCC(C1)N2. The lowest BCUT2D eigenvalue weighted by atomic mass is 9.82. The van der Waals surface area contributed by atoms with Crippen LogP contribution in [0.25, 0.3) is 11.0 Å². The molecule has 2 aliphatic rings. The molecule has 5 nitrogen and oxygen atoms in total. The van der Waals surface area contributed by atoms with Crippen molar-refractivity contribution in [2.75, 3.05) is 13.2 Å². The summed E-state index contributed by atoms with van der Waals surface area (Å²) in [5.41, 5.74) is 2.35. The fraction of sp³-hybridized carbons (Fsp3) is 0.438. The lowest BCUT2D eigenvalue weighted by Gasteiger charge is -2.39. The highest BCUT2D eigenvalue weighted by molar-refractivity contribution is 6.00. The van der Waals surface area contributed by atoms with Crippen LogP contribution in [0.1, 0.15) is 23.2 Å². The molecule has 5 heteroatoms. The first-order chi connectivity index (χ1) is 10.3. The summed E-state index contributed by atoms with van der Waals surface area (Å²) in [7, 11) is 0. The highest BCUT2D eigenvalue weighted by Gasteiger charge is 2.35. The zero-order valence-corrected chi connectivity index (χ0v) is 11.7. The predicted octanol–water partition coefficient (Wildman–Crippen LogP) is 1.58. The highest BCUT2D eigenvalue weighted by atomic mass is 16.5. The van der Waals surface area contributed by atoms with Crippen molar-refractivity contribution in [3.63, 3.8) is 0 Å². The Balaban J connectivity index is 1.60. The monoisotopic (exact) mass is 283 g/mol. The molecule has 1 aromatic carbocycles. The van der Waals surface area contributed by atoms with E-state index in [1.54, 1.807) is 12.4 Å². The quantitative estimate of drug-likeness (QED) is 0.848. The molecule has 3 heterocycles. The number of nitrogens with one attached hydrogen (secondary N) is 1. The first kappa shape index (κ1) is 12.9. The van der Waals surface area contributed by atoms with E-state index in [9.17, 15) is 4.79 Å². The van der Waals surface area contributed by atoms with E-state index < -0.39 is 0 Å². The number of hydrogen-bond acceptors (Lipinski definition) is 5. The third kappa shape index (κ3) is 2.43. The van der Waals surface area contributed by atoms with Gasteiger partial charge in [0.15, 0.2) is 5.78 Å². The Hall–Kier alpha value is -1.85. The Morgan fingerprint density at radius 3 is 2.57 bits per heavy atom. The normalized spacial score (nSPS) is 28.5. The van der Waals surface area contributed by atoms with Crippen molar-refractivity contribution in [1.82, 2.24) is 15.3 Å². The van der Waals surface area contributed by atoms with Gasteiger partial charge in [0.05, 0.1) is 24.2 Å². The molecule has 108 valence electrons. The minimum absolute atomic E-state index is 0.0827. The number of piperidine rings is 1. The number of carbonyl (C=O) groups excluding carboxylic acids is 1. The fourth-order valence-electron chi connectivity index (χ4n) is 3.40. The van der Waals surface area contributed by atoms with E-state index in [1.165, 1.54) is 0 Å². The number of hydrogen-bond donors (Lipinski definition) is 1. The molecule has 0 saturated carbocycles. The Labute approximate surface area is 122 Å². The molecule has 0 spiro atoms. The lowest BCUT2D eigenvalue weighted by molar-refractivity contribution is 0.00953. The molecule has 1 N–H and O–H groups in total. The van der Waals surface area contributed by atoms with Gasteiger partial charge in [-0.1, -0.05) is 0 Å². The van der Waals surface area contributed by atoms with Crippen LogP contribution in [0.15, 0.2) is 30.6 Å². The van der Waals surface area contributed by atoms with Crippen LogP contribution in [-0.4, -0.2) is 41.0 Å². The van der Waals surface area contributed by atoms with E-state index in [4.69, 9.17) is 4.74 Å². The second kappa shape index (κ2) is 5.16. The summed E-state index contributed by atoms with van der Waals surface area (Å²) in [5.74, 6) is 0.306. The molecule has 2 unspecified atom stereocenters. The molecule has 2 saturated heterocycles. The molecular formula is C16H17N3O2. The van der Waals surface area contributed by atoms with Crippen molar-refractivity contribution in [3.05, 3.63) is 36.2 Å². The molecule has 0 radical (unpaired) electrons. The highest BCUT2D eigenvalue weighted by Crippen LogP contribution is 2.27. The summed E-state index contributed by atoms with van der Waals surface area (Å²) >= 11 is 0. The molecule has 0 amide bonds. The molecule has 0 aliphatic carbocycles. The molecule has 2 fully saturated rings. The van der Waals surface area contributed by atoms with E-state index >= 15 is 0 Å². The van der Waals surface area contributed by atoms with E-state index in [0.717, 1.165) is 29.4 Å². The second-order valence-corrected chi connectivity index (χ2v) is 5.89. The van der Waals surface area contributed by atoms with Gasteiger partial charge < -0.3 is 10.1 Å². The number of benzene rings is 1. The van der Waals surface area contributed by atoms with Gasteiger partial charge >= 0.3 is 0 Å². The summed E-state index contributed by atoms with van der Waals surface area (Å²) in [6.45, 7) is 1.42. The van der Waals surface area contributed by atoms with Crippen LogP contribution in [0, 0.1) is 5.92 Å².